The number of aromatic amines is 1. The number of nitrogens with one attached hydrogen (secondary N) is 1. The average Bonchev–Trinajstić information content (AvgIpc) is 2.67. The quantitative estimate of drug-likeness (QED) is 0.751. The molecule has 2 rings (SSSR count). The molecule has 0 fully saturated rings. The summed E-state index contributed by atoms with van der Waals surface area (Å²) in [5, 5.41) is 0. The number of hydrogen-bond acceptors (Lipinski definition) is 1. The number of rotatable bonds is 1. The summed E-state index contributed by atoms with van der Waals surface area (Å²) in [5.74, 6) is 0.966. The van der Waals surface area contributed by atoms with Crippen molar-refractivity contribution in [2.45, 2.75) is 27.7 Å². The van der Waals surface area contributed by atoms with Gasteiger partial charge in [-0.3, -0.25) is 0 Å². The maximum atomic E-state index is 4.40. The molecule has 17 heavy (non-hydrogen) atoms. The summed E-state index contributed by atoms with van der Waals surface area (Å²) < 4.78 is 1.07. The van der Waals surface area contributed by atoms with Gasteiger partial charge in [-0.25, -0.2) is 4.98 Å². The molecule has 4 heteroatoms. The molecule has 0 bridgehead atoms. The Balaban J connectivity index is 0.00000144. The van der Waals surface area contributed by atoms with Crippen LogP contribution < -0.4 is 0 Å². The first-order valence-electron chi connectivity index (χ1n) is 5.29. The first-order valence-corrected chi connectivity index (χ1v) is 6.37. The Kier molecular flexibility index (Phi) is 4.87. The van der Waals surface area contributed by atoms with Crippen LogP contribution in [0.1, 0.15) is 22.3 Å². The second kappa shape index (κ2) is 5.59. The molecule has 0 saturated carbocycles. The second-order valence-corrected chi connectivity index (χ2v) is 5.36. The zero-order valence-electron chi connectivity index (χ0n) is 10.4. The van der Waals surface area contributed by atoms with Crippen LogP contribution in [0.2, 0.25) is 0 Å². The number of aromatic nitrogens is 2. The normalized spacial score (nSPS) is 10.2. The van der Waals surface area contributed by atoms with Crippen LogP contribution in [-0.4, -0.2) is 9.97 Å². The number of benzene rings is 1. The molecule has 0 spiro atoms. The summed E-state index contributed by atoms with van der Waals surface area (Å²) in [4.78, 5) is 7.68. The van der Waals surface area contributed by atoms with E-state index in [1.54, 1.807) is 0 Å². The van der Waals surface area contributed by atoms with Crippen LogP contribution in [0.4, 0.5) is 0 Å². The van der Waals surface area contributed by atoms with Crippen LogP contribution in [0, 0.1) is 31.4 Å². The molecule has 0 unspecified atom stereocenters. The molecule has 1 N–H and O–H groups in total. The maximum Gasteiger partial charge on any atom is 0.138 e. The van der Waals surface area contributed by atoms with Gasteiger partial charge in [0.15, 0.2) is 0 Å². The van der Waals surface area contributed by atoms with E-state index in [1.807, 2.05) is 6.20 Å². The molecule has 0 saturated heterocycles. The first kappa shape index (κ1) is 14.8. The van der Waals surface area contributed by atoms with Crippen molar-refractivity contribution < 1.29 is 18.6 Å². The van der Waals surface area contributed by atoms with Gasteiger partial charge in [0.1, 0.15) is 5.82 Å². The van der Waals surface area contributed by atoms with Crippen molar-refractivity contribution in [1.82, 2.24) is 9.97 Å². The largest absolute Gasteiger partial charge is 0.333 e. The van der Waals surface area contributed by atoms with Crippen molar-refractivity contribution in [1.29, 1.82) is 0 Å². The zero-order valence-corrected chi connectivity index (χ0v) is 14.0. The summed E-state index contributed by atoms with van der Waals surface area (Å²) in [5.41, 5.74) is 6.59. The second-order valence-electron chi connectivity index (χ2n) is 4.20. The van der Waals surface area contributed by atoms with E-state index in [9.17, 15) is 0 Å². The summed E-state index contributed by atoms with van der Waals surface area (Å²) >= 11 is 2.25. The molecule has 0 atom stereocenters. The molecule has 1 aromatic heterocycles. The minimum atomic E-state index is 0. The minimum absolute atomic E-state index is 0. The average molecular weight is 377 g/mol. The summed E-state index contributed by atoms with van der Waals surface area (Å²) in [7, 11) is 0. The van der Waals surface area contributed by atoms with Crippen molar-refractivity contribution in [3.8, 4) is 11.4 Å². The van der Waals surface area contributed by atoms with Gasteiger partial charge in [-0.05, 0) is 78.6 Å². The molecule has 0 aliphatic heterocycles. The Morgan fingerprint density at radius 3 is 2.24 bits per heavy atom. The number of hydrogen-bond donors (Lipinski definition) is 1. The van der Waals surface area contributed by atoms with Crippen LogP contribution >= 0.6 is 22.6 Å². The Labute approximate surface area is 128 Å². The van der Waals surface area contributed by atoms with Gasteiger partial charge in [0.05, 0.1) is 9.90 Å². The van der Waals surface area contributed by atoms with Gasteiger partial charge in [0.2, 0.25) is 0 Å². The number of imidazole rings is 1. The smallest absolute Gasteiger partial charge is 0.138 e. The fraction of sp³-hybridized carbons (Fsp3) is 0.308. The third-order valence-corrected chi connectivity index (χ3v) is 3.83. The Hall–Kier alpha value is -0.256. The van der Waals surface area contributed by atoms with Crippen molar-refractivity contribution in [2.75, 3.05) is 0 Å². The third-order valence-electron chi connectivity index (χ3n) is 3.28. The third kappa shape index (κ3) is 2.77. The van der Waals surface area contributed by atoms with E-state index in [0.29, 0.717) is 0 Å². The first-order chi connectivity index (χ1) is 7.50. The van der Waals surface area contributed by atoms with Gasteiger partial charge < -0.3 is 4.98 Å². The van der Waals surface area contributed by atoms with Crippen molar-refractivity contribution in [2.24, 2.45) is 0 Å². The molecular formula is C13H15IN2V. The van der Waals surface area contributed by atoms with Crippen molar-refractivity contribution in [3.05, 3.63) is 38.2 Å². The number of H-pyrrole nitrogens is 1. The van der Waals surface area contributed by atoms with Gasteiger partial charge in [0.25, 0.3) is 0 Å². The molecule has 0 amide bonds. The van der Waals surface area contributed by atoms with E-state index in [-0.39, 0.29) is 18.6 Å². The fourth-order valence-corrected chi connectivity index (χ4v) is 2.29. The summed E-state index contributed by atoms with van der Waals surface area (Å²) in [6.07, 6.45) is 1.86. The fourth-order valence-electron chi connectivity index (χ4n) is 1.89. The van der Waals surface area contributed by atoms with Crippen LogP contribution in [0.3, 0.4) is 0 Å². The minimum Gasteiger partial charge on any atom is -0.333 e. The Morgan fingerprint density at radius 1 is 1.06 bits per heavy atom. The summed E-state index contributed by atoms with van der Waals surface area (Å²) in [6, 6.07) is 2.21. The van der Waals surface area contributed by atoms with Crippen LogP contribution in [0.15, 0.2) is 12.3 Å². The number of aryl methyl sites for hydroxylation is 1. The Bertz CT molecular complexity index is 547. The van der Waals surface area contributed by atoms with Crippen molar-refractivity contribution >= 4 is 22.6 Å². The summed E-state index contributed by atoms with van der Waals surface area (Å²) in [6.45, 7) is 8.66. The van der Waals surface area contributed by atoms with E-state index in [4.69, 9.17) is 0 Å². The van der Waals surface area contributed by atoms with E-state index < -0.39 is 0 Å². The van der Waals surface area contributed by atoms with E-state index in [0.717, 1.165) is 9.53 Å². The van der Waals surface area contributed by atoms with Crippen LogP contribution in [0.25, 0.3) is 11.4 Å². The van der Waals surface area contributed by atoms with Gasteiger partial charge >= 0.3 is 0 Å². The molecule has 1 aromatic carbocycles. The monoisotopic (exact) mass is 377 g/mol. The topological polar surface area (TPSA) is 28.7 Å². The number of nitrogens with zero attached hydrogens (tertiary/aromatic N) is 1. The molecular weight excluding hydrogens is 362 g/mol. The van der Waals surface area contributed by atoms with E-state index in [2.05, 4.69) is 66.3 Å². The molecule has 1 heterocycles. The molecule has 0 aliphatic rings. The van der Waals surface area contributed by atoms with Crippen LogP contribution in [-0.2, 0) is 18.6 Å². The van der Waals surface area contributed by atoms with E-state index >= 15 is 0 Å². The molecule has 89 valence electrons. The van der Waals surface area contributed by atoms with Gasteiger partial charge in [0, 0.05) is 24.1 Å². The van der Waals surface area contributed by atoms with Gasteiger partial charge in [-0.15, -0.1) is 0 Å². The van der Waals surface area contributed by atoms with E-state index in [1.165, 1.54) is 27.8 Å². The Morgan fingerprint density at radius 2 is 1.71 bits per heavy atom. The van der Waals surface area contributed by atoms with Gasteiger partial charge in [-0.2, -0.15) is 0 Å². The van der Waals surface area contributed by atoms with Gasteiger partial charge in [-0.1, -0.05) is 0 Å². The maximum absolute atomic E-state index is 4.40. The van der Waals surface area contributed by atoms with Crippen LogP contribution in [0.5, 0.6) is 0 Å². The zero-order chi connectivity index (χ0) is 11.9. The number of halogens is 1. The predicted octanol–water partition coefficient (Wildman–Crippen LogP) is 3.91. The SMILES string of the molecule is Cc1cc(-c2ncc(I)[nH]2)c(C)c(C)c1C.[V]. The molecule has 1 radical (unpaired) electrons. The molecule has 0 aliphatic carbocycles. The molecule has 2 nitrogen and oxygen atoms in total. The standard InChI is InChI=1S/C13H15IN2.V/c1-7-5-11(10(4)9(3)8(7)2)13-15-6-12(14)16-13;/h5-6H,1-4H3,(H,15,16);. The predicted molar refractivity (Wildman–Crippen MR) is 75.7 cm³/mol. The van der Waals surface area contributed by atoms with Crippen molar-refractivity contribution in [3.63, 3.8) is 0 Å². The molecule has 2 aromatic rings.